The van der Waals surface area contributed by atoms with E-state index in [0.29, 0.717) is 39.0 Å². The van der Waals surface area contributed by atoms with Crippen molar-refractivity contribution in [2.75, 3.05) is 26.2 Å². The van der Waals surface area contributed by atoms with Crippen molar-refractivity contribution >= 4 is 34.8 Å². The number of fused-ring (bicyclic) bond motifs is 1. The van der Waals surface area contributed by atoms with Crippen molar-refractivity contribution in [1.82, 2.24) is 25.4 Å². The van der Waals surface area contributed by atoms with Crippen molar-refractivity contribution in [2.24, 2.45) is 0 Å². The Morgan fingerprint density at radius 3 is 2.69 bits per heavy atom. The molecule has 5 amide bonds. The van der Waals surface area contributed by atoms with Gasteiger partial charge in [-0.1, -0.05) is 18.2 Å². The van der Waals surface area contributed by atoms with Crippen molar-refractivity contribution in [3.63, 3.8) is 0 Å². The summed E-state index contributed by atoms with van der Waals surface area (Å²) in [5, 5.41) is 6.55. The molecule has 0 radical (unpaired) electrons. The summed E-state index contributed by atoms with van der Waals surface area (Å²) in [6.45, 7) is 2.72. The molecule has 0 spiro atoms. The number of carbonyl (C=O) groups excluding carboxylic acids is 4. The molecule has 2 aliphatic heterocycles. The van der Waals surface area contributed by atoms with Gasteiger partial charge in [0, 0.05) is 42.7 Å². The molecule has 10 nitrogen and oxygen atoms in total. The number of aromatic nitrogens is 1. The SMILES string of the molecule is CCOC(=O)N1CCC(NC(=O)CN2C(=O)NC(Cc3c[nH]c4ccccc34)C2=O)CC1. The van der Waals surface area contributed by atoms with E-state index in [4.69, 9.17) is 4.74 Å². The van der Waals surface area contributed by atoms with Gasteiger partial charge in [0.25, 0.3) is 5.91 Å². The number of amides is 5. The quantitative estimate of drug-likeness (QED) is 0.584. The number of nitrogens with one attached hydrogen (secondary N) is 3. The molecule has 10 heteroatoms. The van der Waals surface area contributed by atoms with Crippen LogP contribution in [0.4, 0.5) is 9.59 Å². The molecule has 1 atom stereocenters. The van der Waals surface area contributed by atoms with Gasteiger partial charge in [0.2, 0.25) is 5.91 Å². The molecule has 2 saturated heterocycles. The number of hydrogen-bond donors (Lipinski definition) is 3. The van der Waals surface area contributed by atoms with Crippen molar-refractivity contribution in [3.05, 3.63) is 36.0 Å². The number of benzene rings is 1. The number of hydrogen-bond acceptors (Lipinski definition) is 5. The summed E-state index contributed by atoms with van der Waals surface area (Å²) in [4.78, 5) is 55.1. The van der Waals surface area contributed by atoms with E-state index < -0.39 is 23.9 Å². The lowest BCUT2D eigenvalue weighted by molar-refractivity contribution is -0.132. The number of urea groups is 1. The minimum absolute atomic E-state index is 0.115. The van der Waals surface area contributed by atoms with Gasteiger partial charge >= 0.3 is 12.1 Å². The first-order valence-corrected chi connectivity index (χ1v) is 10.8. The van der Waals surface area contributed by atoms with Crippen LogP contribution >= 0.6 is 0 Å². The Bertz CT molecular complexity index is 1030. The molecular formula is C22H27N5O5. The zero-order chi connectivity index (χ0) is 22.7. The highest BCUT2D eigenvalue weighted by Gasteiger charge is 2.39. The number of ether oxygens (including phenoxy) is 1. The summed E-state index contributed by atoms with van der Waals surface area (Å²) >= 11 is 0. The summed E-state index contributed by atoms with van der Waals surface area (Å²) < 4.78 is 4.99. The van der Waals surface area contributed by atoms with Crippen LogP contribution in [0, 0.1) is 0 Å². The van der Waals surface area contributed by atoms with Crippen LogP contribution in [0.5, 0.6) is 0 Å². The van der Waals surface area contributed by atoms with E-state index >= 15 is 0 Å². The van der Waals surface area contributed by atoms with Crippen LogP contribution in [0.25, 0.3) is 10.9 Å². The average molecular weight is 441 g/mol. The number of carbonyl (C=O) groups is 4. The zero-order valence-electron chi connectivity index (χ0n) is 17.9. The molecular weight excluding hydrogens is 414 g/mol. The summed E-state index contributed by atoms with van der Waals surface area (Å²) in [5.41, 5.74) is 1.89. The maximum Gasteiger partial charge on any atom is 0.409 e. The van der Waals surface area contributed by atoms with Crippen LogP contribution in [0.3, 0.4) is 0 Å². The second-order valence-corrected chi connectivity index (χ2v) is 8.02. The molecule has 2 aliphatic rings. The number of rotatable bonds is 6. The summed E-state index contributed by atoms with van der Waals surface area (Å²) in [6, 6.07) is 6.36. The van der Waals surface area contributed by atoms with Crippen molar-refractivity contribution in [2.45, 2.75) is 38.3 Å². The standard InChI is InChI=1S/C22H27N5O5/c1-2-32-22(31)26-9-7-15(8-10-26)24-19(28)13-27-20(29)18(25-21(27)30)11-14-12-23-17-6-4-3-5-16(14)17/h3-6,12,15,18,23H,2,7-11,13H2,1H3,(H,24,28)(H,25,30). The van der Waals surface area contributed by atoms with Gasteiger partial charge in [-0.3, -0.25) is 14.5 Å². The van der Waals surface area contributed by atoms with E-state index in [2.05, 4.69) is 15.6 Å². The largest absolute Gasteiger partial charge is 0.450 e. The Morgan fingerprint density at radius 1 is 1.19 bits per heavy atom. The Hall–Kier alpha value is -3.56. The predicted octanol–water partition coefficient (Wildman–Crippen LogP) is 1.37. The summed E-state index contributed by atoms with van der Waals surface area (Å²) in [7, 11) is 0. The average Bonchev–Trinajstić information content (AvgIpc) is 3.31. The molecule has 2 aromatic rings. The Labute approximate surface area is 185 Å². The fourth-order valence-corrected chi connectivity index (χ4v) is 4.22. The normalized spacial score (nSPS) is 19.3. The van der Waals surface area contributed by atoms with Gasteiger partial charge in [-0.25, -0.2) is 9.59 Å². The van der Waals surface area contributed by atoms with Crippen LogP contribution in [-0.4, -0.2) is 77.0 Å². The number of likely N-dealkylation sites (tertiary alicyclic amines) is 1. The molecule has 1 aromatic carbocycles. The number of H-pyrrole nitrogens is 1. The molecule has 2 fully saturated rings. The zero-order valence-corrected chi connectivity index (χ0v) is 17.9. The molecule has 0 saturated carbocycles. The topological polar surface area (TPSA) is 124 Å². The minimum atomic E-state index is -0.706. The number of aromatic amines is 1. The van der Waals surface area contributed by atoms with E-state index in [1.54, 1.807) is 11.8 Å². The molecule has 0 aliphatic carbocycles. The van der Waals surface area contributed by atoms with Gasteiger partial charge in [0.05, 0.1) is 6.61 Å². The molecule has 1 aromatic heterocycles. The Kier molecular flexibility index (Phi) is 6.29. The van der Waals surface area contributed by atoms with Crippen LogP contribution in [-0.2, 0) is 20.7 Å². The number of para-hydroxylation sites is 1. The molecule has 170 valence electrons. The Morgan fingerprint density at radius 2 is 1.94 bits per heavy atom. The van der Waals surface area contributed by atoms with Gasteiger partial charge in [-0.15, -0.1) is 0 Å². The fourth-order valence-electron chi connectivity index (χ4n) is 4.22. The summed E-state index contributed by atoms with van der Waals surface area (Å²) in [6.07, 6.45) is 3.01. The van der Waals surface area contributed by atoms with E-state index in [1.807, 2.05) is 30.5 Å². The minimum Gasteiger partial charge on any atom is -0.450 e. The third-order valence-electron chi connectivity index (χ3n) is 5.89. The maximum absolute atomic E-state index is 12.8. The first kappa shape index (κ1) is 21.7. The van der Waals surface area contributed by atoms with E-state index in [9.17, 15) is 19.2 Å². The fraction of sp³-hybridized carbons (Fsp3) is 0.455. The third-order valence-corrected chi connectivity index (χ3v) is 5.89. The highest BCUT2D eigenvalue weighted by molar-refractivity contribution is 6.06. The van der Waals surface area contributed by atoms with E-state index in [1.165, 1.54) is 0 Å². The van der Waals surface area contributed by atoms with Crippen molar-refractivity contribution in [1.29, 1.82) is 0 Å². The van der Waals surface area contributed by atoms with Crippen molar-refractivity contribution in [3.8, 4) is 0 Å². The van der Waals surface area contributed by atoms with Gasteiger partial charge in [-0.05, 0) is 31.4 Å². The molecule has 3 N–H and O–H groups in total. The van der Waals surface area contributed by atoms with Gasteiger partial charge in [-0.2, -0.15) is 0 Å². The number of nitrogens with zero attached hydrogens (tertiary/aromatic N) is 2. The van der Waals surface area contributed by atoms with Gasteiger partial charge < -0.3 is 25.3 Å². The lowest BCUT2D eigenvalue weighted by atomic mass is 10.0. The number of piperidine rings is 1. The highest BCUT2D eigenvalue weighted by atomic mass is 16.6. The summed E-state index contributed by atoms with van der Waals surface area (Å²) in [5.74, 6) is -0.802. The first-order chi connectivity index (χ1) is 15.5. The third kappa shape index (κ3) is 4.53. The smallest absolute Gasteiger partial charge is 0.409 e. The lowest BCUT2D eigenvalue weighted by Crippen LogP contribution is -2.49. The van der Waals surface area contributed by atoms with E-state index in [0.717, 1.165) is 21.4 Å². The van der Waals surface area contributed by atoms with Gasteiger partial charge in [0.1, 0.15) is 12.6 Å². The second-order valence-electron chi connectivity index (χ2n) is 8.02. The van der Waals surface area contributed by atoms with Crippen LogP contribution in [0.2, 0.25) is 0 Å². The lowest BCUT2D eigenvalue weighted by Gasteiger charge is -2.31. The molecule has 3 heterocycles. The predicted molar refractivity (Wildman–Crippen MR) is 116 cm³/mol. The number of imide groups is 1. The second kappa shape index (κ2) is 9.29. The highest BCUT2D eigenvalue weighted by Crippen LogP contribution is 2.21. The first-order valence-electron chi connectivity index (χ1n) is 10.8. The van der Waals surface area contributed by atoms with Crippen LogP contribution in [0.1, 0.15) is 25.3 Å². The monoisotopic (exact) mass is 441 g/mol. The van der Waals surface area contributed by atoms with Crippen LogP contribution < -0.4 is 10.6 Å². The molecule has 1 unspecified atom stereocenters. The molecule has 32 heavy (non-hydrogen) atoms. The van der Waals surface area contributed by atoms with Crippen molar-refractivity contribution < 1.29 is 23.9 Å². The maximum atomic E-state index is 12.8. The van der Waals surface area contributed by atoms with Gasteiger partial charge in [0.15, 0.2) is 0 Å². The molecule has 0 bridgehead atoms. The Balaban J connectivity index is 1.29. The van der Waals surface area contributed by atoms with Crippen LogP contribution in [0.15, 0.2) is 30.5 Å². The van der Waals surface area contributed by atoms with E-state index in [-0.39, 0.29) is 18.7 Å². The molecule has 4 rings (SSSR count).